The van der Waals surface area contributed by atoms with Crippen molar-refractivity contribution in [3.8, 4) is 0 Å². The number of piperidine rings is 1. The van der Waals surface area contributed by atoms with Crippen LogP contribution in [-0.4, -0.2) is 28.1 Å². The molecule has 1 heterocycles. The minimum absolute atomic E-state index is 0. The van der Waals surface area contributed by atoms with Gasteiger partial charge >= 0.3 is 0 Å². The number of halogens is 1. The van der Waals surface area contributed by atoms with Gasteiger partial charge in [-0.3, -0.25) is 0 Å². The smallest absolute Gasteiger partial charge is 0.240 e. The van der Waals surface area contributed by atoms with Crippen LogP contribution in [0.25, 0.3) is 0 Å². The minimum Gasteiger partial charge on any atom is -0.316 e. The van der Waals surface area contributed by atoms with E-state index in [1.807, 2.05) is 12.1 Å². The Morgan fingerprint density at radius 3 is 2.30 bits per heavy atom. The molecule has 0 spiro atoms. The molecule has 0 radical (unpaired) electrons. The summed E-state index contributed by atoms with van der Waals surface area (Å²) in [6.45, 7) is 10.8. The van der Waals surface area contributed by atoms with E-state index >= 15 is 0 Å². The molecule has 0 saturated carbocycles. The predicted octanol–water partition coefficient (Wildman–Crippen LogP) is 3.07. The van der Waals surface area contributed by atoms with Gasteiger partial charge in [-0.15, -0.1) is 12.4 Å². The van der Waals surface area contributed by atoms with Gasteiger partial charge in [-0.1, -0.05) is 39.8 Å². The van der Waals surface area contributed by atoms with Crippen molar-refractivity contribution in [1.82, 2.24) is 10.0 Å². The molecule has 1 unspecified atom stereocenters. The lowest BCUT2D eigenvalue weighted by atomic mass is 9.83. The maximum absolute atomic E-state index is 12.4. The van der Waals surface area contributed by atoms with Gasteiger partial charge in [0.25, 0.3) is 0 Å². The summed E-state index contributed by atoms with van der Waals surface area (Å²) in [5.41, 5.74) is 1.16. The lowest BCUT2D eigenvalue weighted by Crippen LogP contribution is -2.45. The third-order valence-corrected chi connectivity index (χ3v) is 5.82. The van der Waals surface area contributed by atoms with Crippen LogP contribution in [0.3, 0.4) is 0 Å². The normalized spacial score (nSPS) is 22.4. The van der Waals surface area contributed by atoms with Crippen molar-refractivity contribution >= 4 is 22.4 Å². The van der Waals surface area contributed by atoms with Crippen molar-refractivity contribution in [2.24, 2.45) is 5.41 Å². The van der Waals surface area contributed by atoms with E-state index in [0.717, 1.165) is 31.5 Å². The maximum Gasteiger partial charge on any atom is 0.240 e. The molecule has 0 bridgehead atoms. The average molecular weight is 361 g/mol. The highest BCUT2D eigenvalue weighted by Crippen LogP contribution is 2.26. The molecule has 1 aliphatic heterocycles. The fourth-order valence-corrected chi connectivity index (χ4v) is 3.96. The van der Waals surface area contributed by atoms with E-state index in [2.05, 4.69) is 37.7 Å². The second-order valence-corrected chi connectivity index (χ2v) is 9.46. The topological polar surface area (TPSA) is 58.2 Å². The molecule has 4 nitrogen and oxygen atoms in total. The van der Waals surface area contributed by atoms with Crippen molar-refractivity contribution in [2.75, 3.05) is 19.6 Å². The predicted molar refractivity (Wildman–Crippen MR) is 97.8 cm³/mol. The molecule has 1 aromatic rings. The van der Waals surface area contributed by atoms with E-state index in [1.165, 1.54) is 0 Å². The Labute approximate surface area is 146 Å². The summed E-state index contributed by atoms with van der Waals surface area (Å²) >= 11 is 0. The van der Waals surface area contributed by atoms with Crippen molar-refractivity contribution in [2.45, 2.75) is 50.8 Å². The molecular weight excluding hydrogens is 332 g/mol. The second kappa shape index (κ2) is 7.51. The molecular formula is C17H29ClN2O2S. The number of hydrogen-bond donors (Lipinski definition) is 2. The number of sulfonamides is 1. The quantitative estimate of drug-likeness (QED) is 0.867. The molecule has 0 aromatic heterocycles. The monoisotopic (exact) mass is 360 g/mol. The van der Waals surface area contributed by atoms with E-state index in [-0.39, 0.29) is 23.2 Å². The Morgan fingerprint density at radius 1 is 1.22 bits per heavy atom. The number of nitrogens with one attached hydrogen (secondary N) is 2. The Hall–Kier alpha value is -0.620. The van der Waals surface area contributed by atoms with Crippen LogP contribution in [0, 0.1) is 5.41 Å². The summed E-state index contributed by atoms with van der Waals surface area (Å²) in [4.78, 5) is 0.341. The van der Waals surface area contributed by atoms with Gasteiger partial charge in [0.15, 0.2) is 0 Å². The van der Waals surface area contributed by atoms with Gasteiger partial charge in [0.05, 0.1) is 4.90 Å². The zero-order chi connectivity index (χ0) is 16.4. The lowest BCUT2D eigenvalue weighted by molar-refractivity contribution is 0.238. The molecule has 1 saturated heterocycles. The first-order chi connectivity index (χ1) is 10.1. The molecule has 132 valence electrons. The first-order valence-corrected chi connectivity index (χ1v) is 9.42. The van der Waals surface area contributed by atoms with E-state index in [4.69, 9.17) is 0 Å². The Morgan fingerprint density at radius 2 is 1.83 bits per heavy atom. The van der Waals surface area contributed by atoms with Crippen LogP contribution in [0.1, 0.15) is 46.1 Å². The summed E-state index contributed by atoms with van der Waals surface area (Å²) in [6, 6.07) is 7.20. The van der Waals surface area contributed by atoms with Crippen LogP contribution in [0.5, 0.6) is 0 Å². The van der Waals surface area contributed by atoms with Gasteiger partial charge in [0, 0.05) is 13.1 Å². The van der Waals surface area contributed by atoms with Crippen molar-refractivity contribution in [3.63, 3.8) is 0 Å². The molecule has 1 aliphatic rings. The number of benzene rings is 1. The van der Waals surface area contributed by atoms with Gasteiger partial charge in [-0.25, -0.2) is 13.1 Å². The molecule has 0 aliphatic carbocycles. The van der Waals surface area contributed by atoms with Crippen LogP contribution >= 0.6 is 12.4 Å². The standard InChI is InChI=1S/C17H28N2O2S.ClH/c1-16(2,3)14-6-8-15(9-7-14)22(20,21)19-13-17(4)10-5-11-18-12-17;/h6-9,18-19H,5,10-13H2,1-4H3;1H. The van der Waals surface area contributed by atoms with Crippen LogP contribution in [0.4, 0.5) is 0 Å². The zero-order valence-corrected chi connectivity index (χ0v) is 16.1. The molecule has 0 amide bonds. The zero-order valence-electron chi connectivity index (χ0n) is 14.5. The molecule has 23 heavy (non-hydrogen) atoms. The SMILES string of the molecule is CC1(CNS(=O)(=O)c2ccc(C(C)(C)C)cc2)CCCNC1.Cl. The molecule has 6 heteroatoms. The third kappa shape index (κ3) is 5.45. The van der Waals surface area contributed by atoms with Gasteiger partial charge in [-0.05, 0) is 47.9 Å². The van der Waals surface area contributed by atoms with Crippen LogP contribution < -0.4 is 10.0 Å². The molecule has 1 aromatic carbocycles. The minimum atomic E-state index is -3.44. The highest BCUT2D eigenvalue weighted by atomic mass is 35.5. The fourth-order valence-electron chi connectivity index (χ4n) is 2.76. The summed E-state index contributed by atoms with van der Waals surface area (Å²) < 4.78 is 27.7. The maximum atomic E-state index is 12.4. The first-order valence-electron chi connectivity index (χ1n) is 7.93. The number of rotatable bonds is 4. The van der Waals surface area contributed by atoms with E-state index < -0.39 is 10.0 Å². The Balaban J connectivity index is 0.00000264. The summed E-state index contributed by atoms with van der Waals surface area (Å²) in [6.07, 6.45) is 2.14. The molecule has 1 atom stereocenters. The van der Waals surface area contributed by atoms with Gasteiger partial charge in [-0.2, -0.15) is 0 Å². The Kier molecular flexibility index (Phi) is 6.67. The van der Waals surface area contributed by atoms with Crippen molar-refractivity contribution in [1.29, 1.82) is 0 Å². The number of hydrogen-bond acceptors (Lipinski definition) is 3. The summed E-state index contributed by atoms with van der Waals surface area (Å²) in [7, 11) is -3.44. The highest BCUT2D eigenvalue weighted by molar-refractivity contribution is 7.89. The van der Waals surface area contributed by atoms with Crippen molar-refractivity contribution in [3.05, 3.63) is 29.8 Å². The van der Waals surface area contributed by atoms with E-state index in [1.54, 1.807) is 12.1 Å². The summed E-state index contributed by atoms with van der Waals surface area (Å²) in [5.74, 6) is 0. The molecule has 2 rings (SSSR count). The third-order valence-electron chi connectivity index (χ3n) is 4.41. The van der Waals surface area contributed by atoms with Crippen LogP contribution in [0.15, 0.2) is 29.2 Å². The summed E-state index contributed by atoms with van der Waals surface area (Å²) in [5, 5.41) is 3.34. The second-order valence-electron chi connectivity index (χ2n) is 7.69. The van der Waals surface area contributed by atoms with Gasteiger partial charge < -0.3 is 5.32 Å². The highest BCUT2D eigenvalue weighted by Gasteiger charge is 2.28. The van der Waals surface area contributed by atoms with Gasteiger partial charge in [0.2, 0.25) is 10.0 Å². The Bertz CT molecular complexity index is 600. The fraction of sp³-hybridized carbons (Fsp3) is 0.647. The van der Waals surface area contributed by atoms with Crippen molar-refractivity contribution < 1.29 is 8.42 Å². The van der Waals surface area contributed by atoms with Gasteiger partial charge in [0.1, 0.15) is 0 Å². The largest absolute Gasteiger partial charge is 0.316 e. The molecule has 1 fully saturated rings. The average Bonchev–Trinajstić information content (AvgIpc) is 2.46. The first kappa shape index (κ1) is 20.4. The molecule has 2 N–H and O–H groups in total. The van der Waals surface area contributed by atoms with E-state index in [9.17, 15) is 8.42 Å². The van der Waals surface area contributed by atoms with Crippen LogP contribution in [0.2, 0.25) is 0 Å². The lowest BCUT2D eigenvalue weighted by Gasteiger charge is -2.34. The van der Waals surface area contributed by atoms with E-state index in [0.29, 0.717) is 11.4 Å². The van der Waals surface area contributed by atoms with Crippen LogP contribution in [-0.2, 0) is 15.4 Å².